The quantitative estimate of drug-likeness (QED) is 0.792. The van der Waals surface area contributed by atoms with Gasteiger partial charge in [-0.3, -0.25) is 4.90 Å². The van der Waals surface area contributed by atoms with Gasteiger partial charge in [0.25, 0.3) is 0 Å². The summed E-state index contributed by atoms with van der Waals surface area (Å²) in [4.78, 5) is 4.53. The minimum Gasteiger partial charge on any atom is -0.392 e. The van der Waals surface area contributed by atoms with Gasteiger partial charge in [0.1, 0.15) is 0 Å². The second-order valence-electron chi connectivity index (χ2n) is 4.31. The van der Waals surface area contributed by atoms with E-state index in [0.717, 1.165) is 13.0 Å². The van der Waals surface area contributed by atoms with Crippen molar-refractivity contribution in [2.75, 3.05) is 0 Å². The zero-order valence-corrected chi connectivity index (χ0v) is 11.2. The van der Waals surface area contributed by atoms with Crippen molar-refractivity contribution in [3.05, 3.63) is 22.4 Å². The molecule has 2 rings (SSSR count). The molecule has 0 spiro atoms. The maximum absolute atomic E-state index is 5.84. The summed E-state index contributed by atoms with van der Waals surface area (Å²) >= 11 is 6.98. The Labute approximate surface area is 106 Å². The molecule has 1 aliphatic carbocycles. The number of nitrogens with zero attached hydrogens (tertiary/aromatic N) is 1. The SMILES string of the molecule is CCC(C(N)=S)N(Cc1cccs1)C1CC1. The molecule has 4 heteroatoms. The molecule has 2 N–H and O–H groups in total. The number of nitrogens with two attached hydrogens (primary N) is 1. The third-order valence-electron chi connectivity index (χ3n) is 3.05. The molecule has 2 nitrogen and oxygen atoms in total. The van der Waals surface area contributed by atoms with Gasteiger partial charge >= 0.3 is 0 Å². The van der Waals surface area contributed by atoms with Gasteiger partial charge in [-0.2, -0.15) is 0 Å². The van der Waals surface area contributed by atoms with E-state index in [0.29, 0.717) is 11.0 Å². The van der Waals surface area contributed by atoms with E-state index in [9.17, 15) is 0 Å². The minimum atomic E-state index is 0.268. The molecule has 1 aromatic heterocycles. The lowest BCUT2D eigenvalue weighted by atomic mass is 10.2. The Bertz CT molecular complexity index is 344. The molecule has 1 heterocycles. The van der Waals surface area contributed by atoms with Gasteiger partial charge in [-0.05, 0) is 30.7 Å². The molecular weight excluding hydrogens is 236 g/mol. The summed E-state index contributed by atoms with van der Waals surface area (Å²) in [5.41, 5.74) is 5.84. The van der Waals surface area contributed by atoms with Crippen LogP contribution in [0.4, 0.5) is 0 Å². The molecular formula is C12H18N2S2. The van der Waals surface area contributed by atoms with Crippen molar-refractivity contribution in [2.45, 2.75) is 44.8 Å². The van der Waals surface area contributed by atoms with Crippen LogP contribution in [0.2, 0.25) is 0 Å². The Morgan fingerprint density at radius 2 is 2.44 bits per heavy atom. The maximum atomic E-state index is 5.84. The normalized spacial score (nSPS) is 17.6. The summed E-state index contributed by atoms with van der Waals surface area (Å²) < 4.78 is 0. The van der Waals surface area contributed by atoms with E-state index in [4.69, 9.17) is 18.0 Å². The molecule has 0 saturated heterocycles. The Morgan fingerprint density at radius 1 is 1.69 bits per heavy atom. The van der Waals surface area contributed by atoms with Crippen LogP contribution in [-0.2, 0) is 6.54 Å². The first-order chi connectivity index (χ1) is 7.72. The van der Waals surface area contributed by atoms with Gasteiger partial charge in [-0.1, -0.05) is 25.2 Å². The number of hydrogen-bond acceptors (Lipinski definition) is 3. The van der Waals surface area contributed by atoms with Crippen molar-refractivity contribution in [2.24, 2.45) is 5.73 Å². The van der Waals surface area contributed by atoms with Crippen molar-refractivity contribution in [1.29, 1.82) is 0 Å². The summed E-state index contributed by atoms with van der Waals surface area (Å²) in [5, 5.41) is 2.13. The molecule has 0 radical (unpaired) electrons. The van der Waals surface area contributed by atoms with Gasteiger partial charge in [0, 0.05) is 17.5 Å². The second kappa shape index (κ2) is 5.25. The zero-order valence-electron chi connectivity index (χ0n) is 9.56. The van der Waals surface area contributed by atoms with Crippen molar-refractivity contribution in [1.82, 2.24) is 4.90 Å². The molecule has 1 aliphatic rings. The highest BCUT2D eigenvalue weighted by atomic mass is 32.1. The highest BCUT2D eigenvalue weighted by molar-refractivity contribution is 7.80. The summed E-state index contributed by atoms with van der Waals surface area (Å²) in [6.45, 7) is 3.16. The first kappa shape index (κ1) is 12.0. The third kappa shape index (κ3) is 2.81. The fraction of sp³-hybridized carbons (Fsp3) is 0.583. The van der Waals surface area contributed by atoms with E-state index >= 15 is 0 Å². The van der Waals surface area contributed by atoms with Crippen LogP contribution < -0.4 is 5.73 Å². The average Bonchev–Trinajstić information content (AvgIpc) is 2.96. The molecule has 0 bridgehead atoms. The Balaban J connectivity index is 2.07. The Morgan fingerprint density at radius 3 is 2.88 bits per heavy atom. The first-order valence-corrected chi connectivity index (χ1v) is 7.08. The topological polar surface area (TPSA) is 29.3 Å². The van der Waals surface area contributed by atoms with E-state index < -0.39 is 0 Å². The van der Waals surface area contributed by atoms with E-state index in [1.54, 1.807) is 0 Å². The number of hydrogen-bond donors (Lipinski definition) is 1. The molecule has 1 saturated carbocycles. The molecule has 0 aromatic carbocycles. The standard InChI is InChI=1S/C12H18N2S2/c1-2-11(12(13)15)14(9-5-6-9)8-10-4-3-7-16-10/h3-4,7,9,11H,2,5-6,8H2,1H3,(H2,13,15). The van der Waals surface area contributed by atoms with Crippen LogP contribution in [0.25, 0.3) is 0 Å². The number of thiocarbonyl (C=S) groups is 1. The Hall–Kier alpha value is -0.450. The van der Waals surface area contributed by atoms with Crippen molar-refractivity contribution >= 4 is 28.5 Å². The van der Waals surface area contributed by atoms with Crippen LogP contribution >= 0.6 is 23.6 Å². The summed E-state index contributed by atoms with van der Waals surface area (Å²) in [7, 11) is 0. The van der Waals surface area contributed by atoms with E-state index in [2.05, 4.69) is 29.3 Å². The van der Waals surface area contributed by atoms with E-state index in [1.165, 1.54) is 17.7 Å². The van der Waals surface area contributed by atoms with Gasteiger partial charge in [-0.25, -0.2) is 0 Å². The predicted octanol–water partition coefficient (Wildman–Crippen LogP) is 2.78. The van der Waals surface area contributed by atoms with Crippen LogP contribution in [0, 0.1) is 0 Å². The highest BCUT2D eigenvalue weighted by Crippen LogP contribution is 2.31. The monoisotopic (exact) mass is 254 g/mol. The summed E-state index contributed by atoms with van der Waals surface area (Å²) in [5.74, 6) is 0. The third-order valence-corrected chi connectivity index (χ3v) is 4.18. The molecule has 1 atom stereocenters. The molecule has 1 unspecified atom stereocenters. The smallest absolute Gasteiger partial charge is 0.0902 e. The van der Waals surface area contributed by atoms with Crippen molar-refractivity contribution in [3.63, 3.8) is 0 Å². The summed E-state index contributed by atoms with van der Waals surface area (Å²) in [6, 6.07) is 5.26. The molecule has 0 amide bonds. The number of rotatable bonds is 6. The van der Waals surface area contributed by atoms with E-state index in [-0.39, 0.29) is 6.04 Å². The van der Waals surface area contributed by atoms with Crippen LogP contribution in [0.15, 0.2) is 17.5 Å². The second-order valence-corrected chi connectivity index (χ2v) is 5.81. The highest BCUT2D eigenvalue weighted by Gasteiger charge is 2.34. The van der Waals surface area contributed by atoms with Crippen LogP contribution in [0.5, 0.6) is 0 Å². The van der Waals surface area contributed by atoms with Crippen molar-refractivity contribution < 1.29 is 0 Å². The fourth-order valence-electron chi connectivity index (χ4n) is 2.08. The predicted molar refractivity (Wildman–Crippen MR) is 73.7 cm³/mol. The fourth-order valence-corrected chi connectivity index (χ4v) is 3.10. The molecule has 0 aliphatic heterocycles. The molecule has 88 valence electrons. The molecule has 1 aromatic rings. The maximum Gasteiger partial charge on any atom is 0.0902 e. The summed E-state index contributed by atoms with van der Waals surface area (Å²) in [6.07, 6.45) is 3.60. The lowest BCUT2D eigenvalue weighted by Crippen LogP contribution is -2.44. The van der Waals surface area contributed by atoms with Crippen molar-refractivity contribution in [3.8, 4) is 0 Å². The van der Waals surface area contributed by atoms with Crippen LogP contribution in [0.1, 0.15) is 31.1 Å². The largest absolute Gasteiger partial charge is 0.392 e. The van der Waals surface area contributed by atoms with Gasteiger partial charge in [0.2, 0.25) is 0 Å². The minimum absolute atomic E-state index is 0.268. The van der Waals surface area contributed by atoms with Gasteiger partial charge in [0.15, 0.2) is 0 Å². The molecule has 16 heavy (non-hydrogen) atoms. The van der Waals surface area contributed by atoms with Gasteiger partial charge in [-0.15, -0.1) is 11.3 Å². The van der Waals surface area contributed by atoms with Gasteiger partial charge in [0.05, 0.1) is 11.0 Å². The van der Waals surface area contributed by atoms with Crippen LogP contribution in [-0.4, -0.2) is 22.0 Å². The zero-order chi connectivity index (χ0) is 11.5. The lowest BCUT2D eigenvalue weighted by Gasteiger charge is -2.29. The van der Waals surface area contributed by atoms with Crippen LogP contribution in [0.3, 0.4) is 0 Å². The van der Waals surface area contributed by atoms with E-state index in [1.807, 2.05) is 11.3 Å². The first-order valence-electron chi connectivity index (χ1n) is 5.79. The number of thiophene rings is 1. The Kier molecular flexibility index (Phi) is 3.95. The lowest BCUT2D eigenvalue weighted by molar-refractivity contribution is 0.220. The van der Waals surface area contributed by atoms with Gasteiger partial charge < -0.3 is 5.73 Å². The molecule has 1 fully saturated rings. The average molecular weight is 254 g/mol.